The Hall–Kier alpha value is -1.78. The molecule has 2 rings (SSSR count). The molecular weight excluding hydrogens is 309 g/mol. The van der Waals surface area contributed by atoms with E-state index in [1.807, 2.05) is 6.07 Å². The lowest BCUT2D eigenvalue weighted by atomic mass is 9.90. The van der Waals surface area contributed by atoms with Crippen LogP contribution < -0.4 is 5.32 Å². The molecule has 2 N–H and O–H groups in total. The molecule has 8 heteroatoms. The number of alkyl halides is 3. The van der Waals surface area contributed by atoms with E-state index in [2.05, 4.69) is 5.32 Å². The van der Waals surface area contributed by atoms with Gasteiger partial charge in [0.25, 0.3) is 0 Å². The Kier molecular flexibility index (Phi) is 4.12. The molecule has 1 aromatic carbocycles. The summed E-state index contributed by atoms with van der Waals surface area (Å²) in [5, 5.41) is 19.8. The van der Waals surface area contributed by atoms with Gasteiger partial charge in [-0.15, -0.1) is 0 Å². The summed E-state index contributed by atoms with van der Waals surface area (Å²) in [4.78, 5) is 10.9. The average molecular weight is 319 g/mol. The van der Waals surface area contributed by atoms with Gasteiger partial charge in [-0.25, -0.2) is 0 Å². The number of carbonyl (C=O) groups is 1. The van der Waals surface area contributed by atoms with Gasteiger partial charge in [-0.1, -0.05) is 17.7 Å². The minimum Gasteiger partial charge on any atom is -0.480 e. The van der Waals surface area contributed by atoms with Crippen molar-refractivity contribution < 1.29 is 23.1 Å². The minimum atomic E-state index is -4.57. The van der Waals surface area contributed by atoms with Crippen LogP contribution in [0.4, 0.5) is 13.2 Å². The fraction of sp³-hybridized carbons (Fsp3) is 0.385. The number of nitrogens with zero attached hydrogens (tertiary/aromatic N) is 1. The molecule has 0 amide bonds. The van der Waals surface area contributed by atoms with E-state index in [4.69, 9.17) is 22.0 Å². The fourth-order valence-electron chi connectivity index (χ4n) is 2.47. The zero-order valence-corrected chi connectivity index (χ0v) is 11.2. The number of aliphatic carboxylic acids is 1. The number of carboxylic acid groups (broad SMARTS) is 1. The van der Waals surface area contributed by atoms with Crippen LogP contribution in [0.3, 0.4) is 0 Å². The quantitative estimate of drug-likeness (QED) is 0.879. The van der Waals surface area contributed by atoms with Crippen molar-refractivity contribution in [3.05, 3.63) is 34.3 Å². The summed E-state index contributed by atoms with van der Waals surface area (Å²) in [7, 11) is 0. The summed E-state index contributed by atoms with van der Waals surface area (Å²) in [5.41, 5.74) is 0.419. The highest BCUT2D eigenvalue weighted by molar-refractivity contribution is 6.31. The topological polar surface area (TPSA) is 73.1 Å². The predicted molar refractivity (Wildman–Crippen MR) is 67.9 cm³/mol. The normalized spacial score (nSPS) is 25.6. The number of nitrogens with one attached hydrogen (secondary N) is 1. The first kappa shape index (κ1) is 15.6. The van der Waals surface area contributed by atoms with Gasteiger partial charge in [0.15, 0.2) is 0 Å². The van der Waals surface area contributed by atoms with Crippen molar-refractivity contribution >= 4 is 17.6 Å². The summed E-state index contributed by atoms with van der Waals surface area (Å²) in [6.45, 7) is 0. The number of rotatable bonds is 2. The first-order chi connectivity index (χ1) is 9.74. The lowest BCUT2D eigenvalue weighted by Gasteiger charge is -2.22. The van der Waals surface area contributed by atoms with Crippen LogP contribution in [0.15, 0.2) is 18.2 Å². The summed E-state index contributed by atoms with van der Waals surface area (Å²) in [6, 6.07) is 2.59. The Labute approximate surface area is 123 Å². The average Bonchev–Trinajstić information content (AvgIpc) is 2.83. The first-order valence-corrected chi connectivity index (χ1v) is 6.37. The Morgan fingerprint density at radius 3 is 2.62 bits per heavy atom. The van der Waals surface area contributed by atoms with Crippen LogP contribution >= 0.6 is 11.6 Å². The van der Waals surface area contributed by atoms with Crippen LogP contribution in [0.5, 0.6) is 0 Å². The molecule has 3 atom stereocenters. The molecule has 1 aliphatic rings. The Morgan fingerprint density at radius 1 is 1.48 bits per heavy atom. The number of carboxylic acids is 1. The molecule has 112 valence electrons. The third-order valence-electron chi connectivity index (χ3n) is 3.47. The molecule has 1 fully saturated rings. The van der Waals surface area contributed by atoms with Gasteiger partial charge in [0, 0.05) is 5.92 Å². The third-order valence-corrected chi connectivity index (χ3v) is 3.78. The lowest BCUT2D eigenvalue weighted by Crippen LogP contribution is -2.44. The maximum Gasteiger partial charge on any atom is 0.404 e. The molecule has 1 saturated heterocycles. The number of halogens is 4. The molecule has 1 aliphatic heterocycles. The van der Waals surface area contributed by atoms with Crippen molar-refractivity contribution in [1.82, 2.24) is 5.32 Å². The minimum absolute atomic E-state index is 0.0506. The molecule has 4 nitrogen and oxygen atoms in total. The molecule has 0 aliphatic carbocycles. The van der Waals surface area contributed by atoms with Crippen molar-refractivity contribution in [3.63, 3.8) is 0 Å². The number of benzene rings is 1. The third kappa shape index (κ3) is 3.12. The van der Waals surface area contributed by atoms with Crippen LogP contribution in [-0.4, -0.2) is 29.3 Å². The Morgan fingerprint density at radius 2 is 2.14 bits per heavy atom. The summed E-state index contributed by atoms with van der Waals surface area (Å²) in [6.07, 6.45) is -4.77. The molecule has 1 unspecified atom stereocenters. The number of nitriles is 1. The number of hydrogen-bond acceptors (Lipinski definition) is 3. The van der Waals surface area contributed by atoms with Gasteiger partial charge < -0.3 is 5.11 Å². The van der Waals surface area contributed by atoms with Gasteiger partial charge in [-0.05, 0) is 24.1 Å². The van der Waals surface area contributed by atoms with Crippen LogP contribution in [0.1, 0.15) is 23.5 Å². The second-order valence-corrected chi connectivity index (χ2v) is 5.18. The lowest BCUT2D eigenvalue weighted by molar-refractivity contribution is -0.157. The van der Waals surface area contributed by atoms with Crippen LogP contribution in [0, 0.1) is 11.3 Å². The van der Waals surface area contributed by atoms with E-state index in [-0.39, 0.29) is 22.6 Å². The molecule has 0 saturated carbocycles. The van der Waals surface area contributed by atoms with E-state index in [1.165, 1.54) is 18.2 Å². The molecular formula is C13H10ClF3N2O2. The fourth-order valence-corrected chi connectivity index (χ4v) is 2.70. The number of hydrogen-bond donors (Lipinski definition) is 2. The zero-order valence-electron chi connectivity index (χ0n) is 10.5. The van der Waals surface area contributed by atoms with Gasteiger partial charge in [0.1, 0.15) is 18.2 Å². The van der Waals surface area contributed by atoms with E-state index < -0.39 is 30.1 Å². The van der Waals surface area contributed by atoms with E-state index in [0.29, 0.717) is 0 Å². The van der Waals surface area contributed by atoms with Crippen LogP contribution in [-0.2, 0) is 4.79 Å². The summed E-state index contributed by atoms with van der Waals surface area (Å²) in [5.74, 6) is -2.39. The molecule has 0 radical (unpaired) electrons. The highest BCUT2D eigenvalue weighted by atomic mass is 35.5. The van der Waals surface area contributed by atoms with E-state index in [0.717, 1.165) is 0 Å². The largest absolute Gasteiger partial charge is 0.480 e. The molecule has 1 aromatic rings. The molecule has 21 heavy (non-hydrogen) atoms. The van der Waals surface area contributed by atoms with E-state index in [1.54, 1.807) is 0 Å². The molecule has 0 aromatic heterocycles. The molecule has 1 heterocycles. The second-order valence-electron chi connectivity index (χ2n) is 4.77. The highest BCUT2D eigenvalue weighted by Gasteiger charge is 2.52. The molecule has 0 bridgehead atoms. The standard InChI is InChI=1S/C13H10ClF3N2O2/c14-9-3-6(1-2-7(9)5-18)8-4-10(12(20)21)19-11(8)13(15,16)17/h1-3,8,10-11,19H,4H2,(H,20,21)/t8?,10-,11+/m0/s1. The van der Waals surface area contributed by atoms with Crippen molar-refractivity contribution in [2.75, 3.05) is 0 Å². The maximum atomic E-state index is 13.0. The van der Waals surface area contributed by atoms with Gasteiger partial charge in [-0.2, -0.15) is 18.4 Å². The van der Waals surface area contributed by atoms with Crippen molar-refractivity contribution in [1.29, 1.82) is 5.26 Å². The van der Waals surface area contributed by atoms with Crippen molar-refractivity contribution in [3.8, 4) is 6.07 Å². The highest BCUT2D eigenvalue weighted by Crippen LogP contribution is 2.40. The Bertz CT molecular complexity index is 612. The SMILES string of the molecule is N#Cc1ccc(C2C[C@@H](C(=O)O)N[C@H]2C(F)(F)F)cc1Cl. The maximum absolute atomic E-state index is 13.0. The van der Waals surface area contributed by atoms with Gasteiger partial charge >= 0.3 is 12.1 Å². The van der Waals surface area contributed by atoms with E-state index in [9.17, 15) is 18.0 Å². The summed E-state index contributed by atoms with van der Waals surface area (Å²) < 4.78 is 39.1. The van der Waals surface area contributed by atoms with Crippen LogP contribution in [0.25, 0.3) is 0 Å². The monoisotopic (exact) mass is 318 g/mol. The molecule has 0 spiro atoms. The predicted octanol–water partition coefficient (Wildman–Crippen LogP) is 2.67. The first-order valence-electron chi connectivity index (χ1n) is 5.99. The summed E-state index contributed by atoms with van der Waals surface area (Å²) >= 11 is 5.83. The second kappa shape index (κ2) is 5.54. The van der Waals surface area contributed by atoms with Gasteiger partial charge in [0.05, 0.1) is 10.6 Å². The zero-order chi connectivity index (χ0) is 15.8. The van der Waals surface area contributed by atoms with Crippen LogP contribution in [0.2, 0.25) is 5.02 Å². The Balaban J connectivity index is 2.38. The smallest absolute Gasteiger partial charge is 0.404 e. The van der Waals surface area contributed by atoms with Gasteiger partial charge in [0.2, 0.25) is 0 Å². The van der Waals surface area contributed by atoms with Gasteiger partial charge in [-0.3, -0.25) is 10.1 Å². The van der Waals surface area contributed by atoms with Crippen molar-refractivity contribution in [2.24, 2.45) is 0 Å². The van der Waals surface area contributed by atoms with E-state index >= 15 is 0 Å². The van der Waals surface area contributed by atoms with Crippen molar-refractivity contribution in [2.45, 2.75) is 30.6 Å².